The molecule has 6 heteroatoms. The Morgan fingerprint density at radius 1 is 2.00 bits per heavy atom. The maximum Gasteiger partial charge on any atom is 0.185 e. The molecule has 0 amide bonds. The molecule has 0 radical (unpaired) electrons. The van der Waals surface area contributed by atoms with E-state index in [1.165, 1.54) is 0 Å². The minimum Gasteiger partial charge on any atom is -0.296 e. The molecule has 0 spiro atoms. The summed E-state index contributed by atoms with van der Waals surface area (Å²) >= 11 is 6.39. The average Bonchev–Trinajstić information content (AvgIpc) is 1.61. The molecule has 1 atom stereocenters. The topological polar surface area (TPSA) is 24.7 Å². The van der Waals surface area contributed by atoms with Gasteiger partial charge in [-0.15, -0.1) is 13.8 Å². The molecule has 0 aromatic carbocycles. The smallest absolute Gasteiger partial charge is 0.185 e. The third kappa shape index (κ3) is 10.5. The Balaban J connectivity index is 0. The summed E-state index contributed by atoms with van der Waals surface area (Å²) in [6, 6.07) is 0. The van der Waals surface area contributed by atoms with Gasteiger partial charge in [-0.05, 0) is 34.8 Å². The Morgan fingerprint density at radius 3 is 2.62 bits per heavy atom. The van der Waals surface area contributed by atoms with Gasteiger partial charge in [-0.1, -0.05) is 0 Å². The summed E-state index contributed by atoms with van der Waals surface area (Å²) in [6.07, 6.45) is 0. The summed E-state index contributed by atoms with van der Waals surface area (Å²) in [5, 5.41) is 3.45. The summed E-state index contributed by atoms with van der Waals surface area (Å²) < 4.78 is 7.22. The molecule has 0 rings (SSSR count). The van der Waals surface area contributed by atoms with Crippen LogP contribution in [0.5, 0.6) is 0 Å². The predicted molar refractivity (Wildman–Crippen MR) is 45.1 cm³/mol. The standard InChI is InChI=1S/C2H3IN2PS.W/c1-6-5-4-2(3)7;/h6H,1H2;/q-1;/i6T;. The molecular weight excluding hydrogens is 426 g/mol. The van der Waals surface area contributed by atoms with Crippen LogP contribution < -0.4 is 0 Å². The van der Waals surface area contributed by atoms with Gasteiger partial charge < -0.3 is 0 Å². The molecule has 0 aromatic rings. The van der Waals surface area contributed by atoms with E-state index in [4.69, 9.17) is 1.28 Å². The van der Waals surface area contributed by atoms with Crippen molar-refractivity contribution in [3.63, 3.8) is 0 Å². The first-order chi connectivity index (χ1) is 3.63. The molecule has 0 aromatic heterocycles. The molecule has 0 aliphatic carbocycles. The third-order valence-corrected chi connectivity index (χ3v) is 0.700. The molecule has 0 saturated heterocycles. The van der Waals surface area contributed by atoms with Crippen molar-refractivity contribution in [1.82, 2.24) is 0 Å². The summed E-state index contributed by atoms with van der Waals surface area (Å²) in [5.74, 6) is 0. The molecule has 0 aliphatic heterocycles. The van der Waals surface area contributed by atoms with Gasteiger partial charge in [0.1, 0.15) is 0 Å². The Hall–Kier alpha value is 1.54. The van der Waals surface area contributed by atoms with Crippen molar-refractivity contribution in [3.05, 3.63) is 6.66 Å². The summed E-state index contributed by atoms with van der Waals surface area (Å²) in [6.45, 7) is 3.32. The van der Waals surface area contributed by atoms with E-state index in [9.17, 15) is 0 Å². The fourth-order valence-corrected chi connectivity index (χ4v) is 0.599. The minimum atomic E-state index is -1.27. The van der Waals surface area contributed by atoms with E-state index < -0.39 is 8.68 Å². The number of halogens is 1. The number of rotatable bonds is 1. The van der Waals surface area contributed by atoms with Gasteiger partial charge in [0.2, 0.25) is 0 Å². The van der Waals surface area contributed by atoms with Crippen LogP contribution in [0.1, 0.15) is 0 Å². The van der Waals surface area contributed by atoms with Crippen LogP contribution in [0.4, 0.5) is 0 Å². The van der Waals surface area contributed by atoms with E-state index in [-0.39, 0.29) is 21.1 Å². The second-order valence-corrected chi connectivity index (χ2v) is 3.19. The van der Waals surface area contributed by atoms with E-state index in [0.29, 0.717) is 3.00 Å². The fourth-order valence-electron chi connectivity index (χ4n) is 0.0668. The Kier molecular flexibility index (Phi) is 10.2. The van der Waals surface area contributed by atoms with Gasteiger partial charge in [0.15, 0.2) is 3.00 Å². The quantitative estimate of drug-likeness (QED) is 0.119. The Morgan fingerprint density at radius 2 is 2.50 bits per heavy atom. The van der Waals surface area contributed by atoms with Crippen LogP contribution in [-0.4, -0.2) is 4.27 Å². The molecule has 1 unspecified atom stereocenters. The van der Waals surface area contributed by atoms with Crippen LogP contribution in [0.2, 0.25) is 0 Å². The van der Waals surface area contributed by atoms with Gasteiger partial charge in [0.05, 0.1) is 1.28 Å². The van der Waals surface area contributed by atoms with Crippen molar-refractivity contribution in [2.75, 3.05) is 0 Å². The van der Waals surface area contributed by atoms with Gasteiger partial charge in [0, 0.05) is 21.1 Å². The zero-order valence-corrected chi connectivity index (χ0v) is 10.5. The molecule has 0 aliphatic rings. The fraction of sp³-hybridized carbons (Fsp3) is 0. The molecule has 0 N–H and O–H groups in total. The van der Waals surface area contributed by atoms with Gasteiger partial charge >= 0.3 is 0 Å². The Labute approximate surface area is 84.8 Å². The molecule has 46 valence electrons. The van der Waals surface area contributed by atoms with E-state index >= 15 is 0 Å². The second kappa shape index (κ2) is 8.54. The van der Waals surface area contributed by atoms with Crippen LogP contribution in [0, 0.1) is 6.66 Å². The van der Waals surface area contributed by atoms with Gasteiger partial charge in [0.25, 0.3) is 0 Å². The third-order valence-electron chi connectivity index (χ3n) is 0.187. The molecule has 0 fully saturated rings. The first-order valence-corrected chi connectivity index (χ1v) is 3.85. The van der Waals surface area contributed by atoms with Crippen LogP contribution >= 0.6 is 43.5 Å². The maximum absolute atomic E-state index is 6.80. The zero-order valence-electron chi connectivity index (χ0n) is 4.74. The van der Waals surface area contributed by atoms with Crippen molar-refractivity contribution >= 4 is 46.5 Å². The normalized spacial score (nSPS) is 14.5. The average molecular weight is 431 g/mol. The summed E-state index contributed by atoms with van der Waals surface area (Å²) in [7, 11) is -1.27. The van der Waals surface area contributed by atoms with Crippen LogP contribution in [-0.2, 0) is 21.1 Å². The van der Waals surface area contributed by atoms with E-state index in [2.05, 4.69) is 28.9 Å². The zero-order chi connectivity index (χ0) is 6.57. The van der Waals surface area contributed by atoms with Gasteiger partial charge in [-0.2, -0.15) is 0 Å². The van der Waals surface area contributed by atoms with E-state index in [1.807, 2.05) is 22.6 Å². The van der Waals surface area contributed by atoms with Crippen molar-refractivity contribution < 1.29 is 21.1 Å². The summed E-state index contributed by atoms with van der Waals surface area (Å²) in [5.41, 5.74) is 0. The predicted octanol–water partition coefficient (Wildman–Crippen LogP) is 2.54. The van der Waals surface area contributed by atoms with Crippen molar-refractivity contribution in [2.45, 2.75) is 0 Å². The number of thiocarbonyl (C=S) groups is 1. The first-order valence-electron chi connectivity index (χ1n) is 1.78. The molecule has 2 nitrogen and oxygen atoms in total. The summed E-state index contributed by atoms with van der Waals surface area (Å²) in [4.78, 5) is 3.42. The second-order valence-electron chi connectivity index (χ2n) is 0.584. The molecule has 8 heavy (non-hydrogen) atoms. The molecule has 0 bridgehead atoms. The molecular formula is C2H3IN2PSW-. The SMILES string of the molecule is [3H]P([CH2-])N=NC(=S)I.[W]. The van der Waals surface area contributed by atoms with Crippen LogP contribution in [0.3, 0.4) is 0 Å². The van der Waals surface area contributed by atoms with Crippen LogP contribution in [0.15, 0.2) is 10.00 Å². The minimum absolute atomic E-state index is 0. The number of hydrogen-bond donors (Lipinski definition) is 0. The van der Waals surface area contributed by atoms with Gasteiger partial charge in [-0.3, -0.25) is 6.66 Å². The van der Waals surface area contributed by atoms with Crippen molar-refractivity contribution in [1.29, 1.82) is 1.28 Å². The number of nitrogens with zero attached hydrogens (tertiary/aromatic N) is 2. The van der Waals surface area contributed by atoms with Crippen molar-refractivity contribution in [2.24, 2.45) is 10.00 Å². The van der Waals surface area contributed by atoms with Gasteiger partial charge in [-0.25, -0.2) is 4.88 Å². The maximum atomic E-state index is 6.80. The van der Waals surface area contributed by atoms with E-state index in [0.717, 1.165) is 0 Å². The van der Waals surface area contributed by atoms with E-state index in [1.54, 1.807) is 0 Å². The molecule has 0 heterocycles. The Bertz CT molecular complexity index is 121. The number of hydrogen-bond acceptors (Lipinski definition) is 2. The monoisotopic (exact) mass is 431 g/mol. The largest absolute Gasteiger partial charge is 0.296 e. The van der Waals surface area contributed by atoms with Crippen molar-refractivity contribution in [3.8, 4) is 0 Å². The molecule has 0 saturated carbocycles. The first kappa shape index (κ1) is 9.54. The van der Waals surface area contributed by atoms with Crippen LogP contribution in [0.25, 0.3) is 0 Å².